The van der Waals surface area contributed by atoms with Gasteiger partial charge in [0, 0.05) is 17.6 Å². The van der Waals surface area contributed by atoms with Gasteiger partial charge in [-0.25, -0.2) is 4.79 Å². The summed E-state index contributed by atoms with van der Waals surface area (Å²) in [6.45, 7) is 5.66. The van der Waals surface area contributed by atoms with E-state index in [0.717, 1.165) is 17.3 Å². The van der Waals surface area contributed by atoms with Crippen molar-refractivity contribution in [2.45, 2.75) is 45.3 Å². The topological polar surface area (TPSA) is 29.5 Å². The van der Waals surface area contributed by atoms with E-state index in [-0.39, 0.29) is 12.1 Å². The van der Waals surface area contributed by atoms with Crippen LogP contribution in [0.15, 0.2) is 22.7 Å². The van der Waals surface area contributed by atoms with E-state index in [4.69, 9.17) is 4.74 Å². The van der Waals surface area contributed by atoms with Gasteiger partial charge in [-0.3, -0.25) is 0 Å². The minimum atomic E-state index is -0.445. The molecule has 0 spiro atoms. The van der Waals surface area contributed by atoms with E-state index in [0.29, 0.717) is 0 Å². The van der Waals surface area contributed by atoms with Crippen LogP contribution in [-0.2, 0) is 17.6 Å². The van der Waals surface area contributed by atoms with E-state index in [1.54, 1.807) is 4.90 Å². The molecule has 0 radical (unpaired) electrons. The van der Waals surface area contributed by atoms with Gasteiger partial charge >= 0.3 is 6.09 Å². The Hall–Kier alpha value is -1.03. The number of benzene rings is 1. The molecule has 1 aromatic rings. The van der Waals surface area contributed by atoms with Crippen LogP contribution in [0.25, 0.3) is 0 Å². The van der Waals surface area contributed by atoms with E-state index in [1.807, 2.05) is 27.8 Å². The number of carbonyl (C=O) groups excluding carboxylic acids is 1. The molecule has 0 saturated carbocycles. The molecular formula is C15H20BrNO2. The van der Waals surface area contributed by atoms with Gasteiger partial charge in [0.05, 0.1) is 0 Å². The number of amides is 1. The molecular weight excluding hydrogens is 306 g/mol. The van der Waals surface area contributed by atoms with Gasteiger partial charge in [-0.2, -0.15) is 0 Å². The quantitative estimate of drug-likeness (QED) is 0.786. The van der Waals surface area contributed by atoms with Gasteiger partial charge in [0.1, 0.15) is 5.60 Å². The average Bonchev–Trinajstić information content (AvgIpc) is 2.68. The molecule has 0 aliphatic heterocycles. The number of halogens is 1. The third-order valence-electron chi connectivity index (χ3n) is 3.31. The van der Waals surface area contributed by atoms with Gasteiger partial charge in [0.2, 0.25) is 0 Å². The zero-order valence-corrected chi connectivity index (χ0v) is 13.5. The van der Waals surface area contributed by atoms with Crippen LogP contribution in [0.1, 0.15) is 31.9 Å². The standard InChI is InChI=1S/C15H20BrNO2/c1-15(2,3)19-14(18)17(4)13-8-10-5-6-12(16)7-11(10)9-13/h5-7,13H,8-9H2,1-4H3. The second kappa shape index (κ2) is 5.16. The summed E-state index contributed by atoms with van der Waals surface area (Å²) >= 11 is 3.49. The van der Waals surface area contributed by atoms with Crippen molar-refractivity contribution >= 4 is 22.0 Å². The number of hydrogen-bond donors (Lipinski definition) is 0. The van der Waals surface area contributed by atoms with E-state index < -0.39 is 5.60 Å². The first-order chi connectivity index (χ1) is 8.76. The third kappa shape index (κ3) is 3.50. The molecule has 104 valence electrons. The highest BCUT2D eigenvalue weighted by Gasteiger charge is 2.30. The lowest BCUT2D eigenvalue weighted by molar-refractivity contribution is 0.0229. The molecule has 1 unspecified atom stereocenters. The summed E-state index contributed by atoms with van der Waals surface area (Å²) in [4.78, 5) is 13.8. The maximum absolute atomic E-state index is 12.1. The van der Waals surface area contributed by atoms with Crippen molar-refractivity contribution < 1.29 is 9.53 Å². The number of hydrogen-bond acceptors (Lipinski definition) is 2. The SMILES string of the molecule is CN(C(=O)OC(C)(C)C)C1Cc2ccc(Br)cc2C1. The molecule has 1 amide bonds. The Labute approximate surface area is 123 Å². The van der Waals surface area contributed by atoms with Gasteiger partial charge in [-0.05, 0) is 56.9 Å². The fourth-order valence-electron chi connectivity index (χ4n) is 2.32. The number of likely N-dealkylation sites (N-methyl/N-ethyl adjacent to an activating group) is 1. The second-order valence-electron chi connectivity index (χ2n) is 6.07. The predicted molar refractivity (Wildman–Crippen MR) is 79.3 cm³/mol. The lowest BCUT2D eigenvalue weighted by Gasteiger charge is -2.28. The minimum absolute atomic E-state index is 0.194. The lowest BCUT2D eigenvalue weighted by atomic mass is 10.1. The van der Waals surface area contributed by atoms with Crippen molar-refractivity contribution in [1.82, 2.24) is 4.90 Å². The van der Waals surface area contributed by atoms with Crippen LogP contribution in [-0.4, -0.2) is 29.7 Å². The number of fused-ring (bicyclic) bond motifs is 1. The van der Waals surface area contributed by atoms with Crippen molar-refractivity contribution in [3.05, 3.63) is 33.8 Å². The largest absolute Gasteiger partial charge is 0.444 e. The Morgan fingerprint density at radius 2 is 1.95 bits per heavy atom. The molecule has 0 heterocycles. The Kier molecular flexibility index (Phi) is 3.90. The molecule has 1 atom stereocenters. The summed E-state index contributed by atoms with van der Waals surface area (Å²) in [5, 5.41) is 0. The molecule has 19 heavy (non-hydrogen) atoms. The summed E-state index contributed by atoms with van der Waals surface area (Å²) in [5.74, 6) is 0. The molecule has 1 aromatic carbocycles. The van der Waals surface area contributed by atoms with Gasteiger partial charge in [0.15, 0.2) is 0 Å². The Morgan fingerprint density at radius 3 is 2.58 bits per heavy atom. The molecule has 0 aromatic heterocycles. The molecule has 0 N–H and O–H groups in total. The Balaban J connectivity index is 2.04. The Morgan fingerprint density at radius 1 is 1.32 bits per heavy atom. The number of ether oxygens (including phenoxy) is 1. The highest BCUT2D eigenvalue weighted by Crippen LogP contribution is 2.28. The van der Waals surface area contributed by atoms with Crippen LogP contribution >= 0.6 is 15.9 Å². The average molecular weight is 326 g/mol. The summed E-state index contributed by atoms with van der Waals surface area (Å²) in [6, 6.07) is 6.51. The number of carbonyl (C=O) groups is 1. The second-order valence-corrected chi connectivity index (χ2v) is 6.98. The van der Waals surface area contributed by atoms with Crippen LogP contribution in [0, 0.1) is 0 Å². The number of rotatable bonds is 1. The van der Waals surface area contributed by atoms with Crippen molar-refractivity contribution in [1.29, 1.82) is 0 Å². The van der Waals surface area contributed by atoms with Crippen molar-refractivity contribution in [2.24, 2.45) is 0 Å². The molecule has 3 nitrogen and oxygen atoms in total. The first kappa shape index (κ1) is 14.4. The van der Waals surface area contributed by atoms with Gasteiger partial charge < -0.3 is 9.64 Å². The first-order valence-corrected chi connectivity index (χ1v) is 7.29. The minimum Gasteiger partial charge on any atom is -0.444 e. The van der Waals surface area contributed by atoms with E-state index in [2.05, 4.69) is 34.1 Å². The van der Waals surface area contributed by atoms with Gasteiger partial charge in [0.25, 0.3) is 0 Å². The predicted octanol–water partition coefficient (Wildman–Crippen LogP) is 3.78. The fraction of sp³-hybridized carbons (Fsp3) is 0.533. The monoisotopic (exact) mass is 325 g/mol. The highest BCUT2D eigenvalue weighted by molar-refractivity contribution is 9.10. The third-order valence-corrected chi connectivity index (χ3v) is 3.80. The van der Waals surface area contributed by atoms with E-state index in [1.165, 1.54) is 11.1 Å². The molecule has 0 fully saturated rings. The van der Waals surface area contributed by atoms with Gasteiger partial charge in [-0.1, -0.05) is 22.0 Å². The summed E-state index contributed by atoms with van der Waals surface area (Å²) in [7, 11) is 1.82. The maximum atomic E-state index is 12.1. The zero-order chi connectivity index (χ0) is 14.2. The van der Waals surface area contributed by atoms with Crippen molar-refractivity contribution in [3.8, 4) is 0 Å². The maximum Gasteiger partial charge on any atom is 0.410 e. The van der Waals surface area contributed by atoms with Crippen LogP contribution in [0.3, 0.4) is 0 Å². The summed E-state index contributed by atoms with van der Waals surface area (Å²) in [5.41, 5.74) is 2.19. The van der Waals surface area contributed by atoms with Crippen LogP contribution in [0.4, 0.5) is 4.79 Å². The first-order valence-electron chi connectivity index (χ1n) is 6.49. The molecule has 1 aliphatic carbocycles. The number of nitrogens with zero attached hydrogens (tertiary/aromatic N) is 1. The molecule has 0 saturated heterocycles. The molecule has 1 aliphatic rings. The highest BCUT2D eigenvalue weighted by atomic mass is 79.9. The summed E-state index contributed by atoms with van der Waals surface area (Å²) in [6.07, 6.45) is 1.55. The van der Waals surface area contributed by atoms with Gasteiger partial charge in [-0.15, -0.1) is 0 Å². The van der Waals surface area contributed by atoms with Crippen LogP contribution in [0.5, 0.6) is 0 Å². The molecule has 0 bridgehead atoms. The Bertz CT molecular complexity index is 493. The van der Waals surface area contributed by atoms with Crippen LogP contribution < -0.4 is 0 Å². The normalized spacial score (nSPS) is 18.1. The smallest absolute Gasteiger partial charge is 0.410 e. The van der Waals surface area contributed by atoms with Crippen LogP contribution in [0.2, 0.25) is 0 Å². The van der Waals surface area contributed by atoms with Crippen molar-refractivity contribution in [3.63, 3.8) is 0 Å². The van der Waals surface area contributed by atoms with E-state index in [9.17, 15) is 4.79 Å². The zero-order valence-electron chi connectivity index (χ0n) is 11.9. The lowest BCUT2D eigenvalue weighted by Crippen LogP contribution is -2.41. The molecule has 4 heteroatoms. The van der Waals surface area contributed by atoms with Crippen molar-refractivity contribution in [2.75, 3.05) is 7.05 Å². The summed E-state index contributed by atoms with van der Waals surface area (Å²) < 4.78 is 6.50. The van der Waals surface area contributed by atoms with E-state index >= 15 is 0 Å². The fourth-order valence-corrected chi connectivity index (χ4v) is 2.73. The molecule has 2 rings (SSSR count).